The van der Waals surface area contributed by atoms with Crippen molar-refractivity contribution in [1.29, 1.82) is 0 Å². The molecule has 0 unspecified atom stereocenters. The van der Waals surface area contributed by atoms with Crippen LogP contribution in [0, 0.1) is 0 Å². The highest BCUT2D eigenvalue weighted by atomic mass is 79.9. The van der Waals surface area contributed by atoms with Crippen molar-refractivity contribution in [3.8, 4) is 0 Å². The molecule has 1 aliphatic carbocycles. The molecule has 172 valence electrons. The molecule has 0 saturated carbocycles. The molecule has 1 atom stereocenters. The van der Waals surface area contributed by atoms with Gasteiger partial charge in [0.15, 0.2) is 0 Å². The van der Waals surface area contributed by atoms with Gasteiger partial charge in [0.25, 0.3) is 0 Å². The topological polar surface area (TPSA) is 66.5 Å². The van der Waals surface area contributed by atoms with Gasteiger partial charge in [-0.1, -0.05) is 70.5 Å². The smallest absolute Gasteiger partial charge is 0.243 e. The lowest BCUT2D eigenvalue weighted by atomic mass is 9.88. The summed E-state index contributed by atoms with van der Waals surface area (Å²) in [5.74, 6) is -0.287. The number of rotatable bonds is 8. The zero-order valence-electron chi connectivity index (χ0n) is 18.3. The number of carbonyl (C=O) groups excluding carboxylic acids is 1. The van der Waals surface area contributed by atoms with E-state index in [0.717, 1.165) is 34.9 Å². The second-order valence-corrected chi connectivity index (χ2v) is 11.1. The average Bonchev–Trinajstić information content (AvgIpc) is 2.83. The van der Waals surface area contributed by atoms with Gasteiger partial charge in [0.05, 0.1) is 17.5 Å². The summed E-state index contributed by atoms with van der Waals surface area (Å²) in [5.41, 5.74) is 3.40. The van der Waals surface area contributed by atoms with Crippen molar-refractivity contribution in [2.75, 3.05) is 13.1 Å². The highest BCUT2D eigenvalue weighted by Gasteiger charge is 2.28. The minimum atomic E-state index is -3.83. The van der Waals surface area contributed by atoms with Gasteiger partial charge in [-0.3, -0.25) is 4.79 Å². The van der Waals surface area contributed by atoms with Crippen molar-refractivity contribution in [3.05, 3.63) is 100 Å². The number of nitrogens with one attached hydrogen (secondary N) is 1. The Labute approximate surface area is 204 Å². The lowest BCUT2D eigenvalue weighted by Crippen LogP contribution is -2.43. The summed E-state index contributed by atoms with van der Waals surface area (Å²) in [6.45, 7) is 0.000974. The number of fused-ring (bicyclic) bond motifs is 1. The SMILES string of the molecule is O=C(CN(CCc1ccccc1)S(=O)(=O)c1ccc(Br)cc1)N[C@@H]1CCCc2ccccc21. The van der Waals surface area contributed by atoms with Crippen molar-refractivity contribution in [2.45, 2.75) is 36.6 Å². The van der Waals surface area contributed by atoms with Crippen LogP contribution in [0.1, 0.15) is 35.6 Å². The van der Waals surface area contributed by atoms with Crippen LogP contribution >= 0.6 is 15.9 Å². The zero-order chi connectivity index (χ0) is 23.3. The van der Waals surface area contributed by atoms with Gasteiger partial charge in [0, 0.05) is 11.0 Å². The van der Waals surface area contributed by atoms with E-state index in [1.54, 1.807) is 24.3 Å². The van der Waals surface area contributed by atoms with Crippen molar-refractivity contribution < 1.29 is 13.2 Å². The summed E-state index contributed by atoms with van der Waals surface area (Å²) in [5, 5.41) is 3.08. The molecule has 3 aromatic carbocycles. The van der Waals surface area contributed by atoms with Crippen molar-refractivity contribution in [3.63, 3.8) is 0 Å². The minimum Gasteiger partial charge on any atom is -0.348 e. The lowest BCUT2D eigenvalue weighted by molar-refractivity contribution is -0.122. The predicted molar refractivity (Wildman–Crippen MR) is 133 cm³/mol. The molecule has 5 nitrogen and oxygen atoms in total. The average molecular weight is 527 g/mol. The third-order valence-electron chi connectivity index (χ3n) is 5.97. The van der Waals surface area contributed by atoms with Crippen LogP contribution in [-0.2, 0) is 27.7 Å². The second kappa shape index (κ2) is 10.6. The fraction of sp³-hybridized carbons (Fsp3) is 0.269. The number of carbonyl (C=O) groups is 1. The van der Waals surface area contributed by atoms with E-state index in [-0.39, 0.29) is 29.9 Å². The van der Waals surface area contributed by atoms with E-state index in [1.165, 1.54) is 9.87 Å². The number of hydrogen-bond donors (Lipinski definition) is 1. The van der Waals surface area contributed by atoms with Crippen LogP contribution in [0.3, 0.4) is 0 Å². The van der Waals surface area contributed by atoms with Crippen LogP contribution in [0.2, 0.25) is 0 Å². The van der Waals surface area contributed by atoms with E-state index in [0.29, 0.717) is 6.42 Å². The molecule has 1 N–H and O–H groups in total. The summed E-state index contributed by atoms with van der Waals surface area (Å²) >= 11 is 3.35. The van der Waals surface area contributed by atoms with Crippen LogP contribution in [0.15, 0.2) is 88.2 Å². The Hall–Kier alpha value is -2.48. The Morgan fingerprint density at radius 2 is 1.67 bits per heavy atom. The van der Waals surface area contributed by atoms with Crippen molar-refractivity contribution >= 4 is 31.9 Å². The lowest BCUT2D eigenvalue weighted by Gasteiger charge is -2.28. The molecule has 0 fully saturated rings. The number of benzene rings is 3. The van der Waals surface area contributed by atoms with E-state index in [9.17, 15) is 13.2 Å². The Morgan fingerprint density at radius 3 is 2.42 bits per heavy atom. The van der Waals surface area contributed by atoms with E-state index in [1.807, 2.05) is 48.5 Å². The molecule has 4 rings (SSSR count). The van der Waals surface area contributed by atoms with Crippen LogP contribution in [0.5, 0.6) is 0 Å². The quantitative estimate of drug-likeness (QED) is 0.455. The molecule has 0 heterocycles. The van der Waals surface area contributed by atoms with Crippen molar-refractivity contribution in [1.82, 2.24) is 9.62 Å². The Morgan fingerprint density at radius 1 is 0.970 bits per heavy atom. The Kier molecular flexibility index (Phi) is 7.63. The number of halogens is 1. The molecular weight excluding hydrogens is 500 g/mol. The van der Waals surface area contributed by atoms with Crippen molar-refractivity contribution in [2.24, 2.45) is 0 Å². The van der Waals surface area contributed by atoms with Gasteiger partial charge in [-0.2, -0.15) is 4.31 Å². The number of hydrogen-bond acceptors (Lipinski definition) is 3. The van der Waals surface area contributed by atoms with E-state index in [2.05, 4.69) is 27.3 Å². The van der Waals surface area contributed by atoms with Crippen LogP contribution < -0.4 is 5.32 Å². The van der Waals surface area contributed by atoms with Gasteiger partial charge in [0.1, 0.15) is 0 Å². The molecule has 0 saturated heterocycles. The number of nitrogens with zero attached hydrogens (tertiary/aromatic N) is 1. The minimum absolute atomic E-state index is 0.0891. The fourth-order valence-corrected chi connectivity index (χ4v) is 5.90. The molecule has 0 bridgehead atoms. The maximum atomic E-state index is 13.4. The molecule has 33 heavy (non-hydrogen) atoms. The summed E-state index contributed by atoms with van der Waals surface area (Å²) in [7, 11) is -3.83. The number of aryl methyl sites for hydroxylation is 1. The normalized spacial score (nSPS) is 15.8. The third-order valence-corrected chi connectivity index (χ3v) is 8.36. The largest absolute Gasteiger partial charge is 0.348 e. The predicted octanol–water partition coefficient (Wildman–Crippen LogP) is 4.88. The fourth-order valence-electron chi connectivity index (χ4n) is 4.24. The first-order chi connectivity index (χ1) is 15.9. The molecule has 3 aromatic rings. The van der Waals surface area contributed by atoms with Gasteiger partial charge in [-0.15, -0.1) is 0 Å². The monoisotopic (exact) mass is 526 g/mol. The van der Waals surface area contributed by atoms with Gasteiger partial charge in [-0.25, -0.2) is 8.42 Å². The molecular formula is C26H27BrN2O3S. The van der Waals surface area contributed by atoms with Crippen LogP contribution in [0.4, 0.5) is 0 Å². The molecule has 7 heteroatoms. The summed E-state index contributed by atoms with van der Waals surface area (Å²) < 4.78 is 28.9. The van der Waals surface area contributed by atoms with Gasteiger partial charge < -0.3 is 5.32 Å². The summed E-state index contributed by atoms with van der Waals surface area (Å²) in [4.78, 5) is 13.2. The van der Waals surface area contributed by atoms with E-state index < -0.39 is 10.0 Å². The summed E-state index contributed by atoms with van der Waals surface area (Å²) in [6.07, 6.45) is 3.38. The number of sulfonamides is 1. The molecule has 0 aliphatic heterocycles. The second-order valence-electron chi connectivity index (χ2n) is 8.24. The molecule has 0 aromatic heterocycles. The van der Waals surface area contributed by atoms with Gasteiger partial charge >= 0.3 is 0 Å². The first-order valence-corrected chi connectivity index (χ1v) is 13.3. The molecule has 0 radical (unpaired) electrons. The van der Waals surface area contributed by atoms with Gasteiger partial charge in [-0.05, 0) is 66.6 Å². The molecule has 1 aliphatic rings. The first-order valence-electron chi connectivity index (χ1n) is 11.1. The van der Waals surface area contributed by atoms with Crippen LogP contribution in [0.25, 0.3) is 0 Å². The Balaban J connectivity index is 1.53. The maximum Gasteiger partial charge on any atom is 0.243 e. The first kappa shape index (κ1) is 23.7. The van der Waals surface area contributed by atoms with E-state index >= 15 is 0 Å². The zero-order valence-corrected chi connectivity index (χ0v) is 20.7. The standard InChI is InChI=1S/C26H27BrN2O3S/c27-22-13-15-23(16-14-22)33(31,32)29(18-17-20-7-2-1-3-8-20)19-26(30)28-25-12-6-10-21-9-4-5-11-24(21)25/h1-5,7-9,11,13-16,25H,6,10,12,17-19H2,(H,28,30)/t25-/m1/s1. The van der Waals surface area contributed by atoms with Crippen LogP contribution in [-0.4, -0.2) is 31.7 Å². The highest BCUT2D eigenvalue weighted by molar-refractivity contribution is 9.10. The Bertz CT molecular complexity index is 1200. The number of amides is 1. The third kappa shape index (κ3) is 5.91. The highest BCUT2D eigenvalue weighted by Crippen LogP contribution is 2.29. The maximum absolute atomic E-state index is 13.4. The van der Waals surface area contributed by atoms with Gasteiger partial charge in [0.2, 0.25) is 15.9 Å². The summed E-state index contributed by atoms with van der Waals surface area (Å²) in [6, 6.07) is 24.3. The van der Waals surface area contributed by atoms with E-state index in [4.69, 9.17) is 0 Å². The molecule has 1 amide bonds. The molecule has 0 spiro atoms.